The Labute approximate surface area is 283 Å². The second-order valence-corrected chi connectivity index (χ2v) is 12.6. The van der Waals surface area contributed by atoms with Crippen LogP contribution in [0, 0.1) is 0 Å². The molecule has 0 radical (unpaired) electrons. The molecule has 0 aliphatic rings. The predicted octanol–water partition coefficient (Wildman–Crippen LogP) is 12.0. The van der Waals surface area contributed by atoms with Crippen molar-refractivity contribution in [2.45, 2.75) is 0 Å². The predicted molar refractivity (Wildman–Crippen MR) is 205 cm³/mol. The molecule has 0 spiro atoms. The molecule has 0 saturated heterocycles. The van der Waals surface area contributed by atoms with Crippen molar-refractivity contribution >= 4 is 54.3 Å². The van der Waals surface area contributed by atoms with E-state index in [9.17, 15) is 0 Å². The van der Waals surface area contributed by atoms with E-state index >= 15 is 0 Å². The van der Waals surface area contributed by atoms with Gasteiger partial charge in [-0.1, -0.05) is 152 Å². The lowest BCUT2D eigenvalue weighted by Crippen LogP contribution is -2.03. The Morgan fingerprint density at radius 1 is 0.347 bits per heavy atom. The molecule has 0 bridgehead atoms. The van der Waals surface area contributed by atoms with Crippen molar-refractivity contribution in [3.8, 4) is 39.5 Å². The van der Waals surface area contributed by atoms with Crippen molar-refractivity contribution < 1.29 is 0 Å². The van der Waals surface area contributed by atoms with E-state index < -0.39 is 0 Å². The van der Waals surface area contributed by atoms with Gasteiger partial charge in [0.25, 0.3) is 0 Å². The number of para-hydroxylation sites is 1. The van der Waals surface area contributed by atoms with Crippen LogP contribution < -0.4 is 0 Å². The van der Waals surface area contributed by atoms with Crippen LogP contribution in [0.5, 0.6) is 0 Å². The first-order valence-electron chi connectivity index (χ1n) is 16.7. The lowest BCUT2D eigenvalue weighted by molar-refractivity contribution is 1.01. The van der Waals surface area contributed by atoms with Crippen molar-refractivity contribution in [2.75, 3.05) is 0 Å². The smallest absolute Gasteiger partial charge is 0.235 e. The van der Waals surface area contributed by atoms with Gasteiger partial charge in [0, 0.05) is 21.7 Å². The van der Waals surface area contributed by atoms with Gasteiger partial charge in [-0.2, -0.15) is 0 Å². The summed E-state index contributed by atoms with van der Waals surface area (Å²) in [7, 11) is 0. The minimum atomic E-state index is 0.666. The molecule has 228 valence electrons. The highest BCUT2D eigenvalue weighted by molar-refractivity contribution is 6.28. The lowest BCUT2D eigenvalue weighted by atomic mass is 9.97. The van der Waals surface area contributed by atoms with Crippen LogP contribution in [0.2, 0.25) is 0 Å². The highest BCUT2D eigenvalue weighted by Crippen LogP contribution is 2.41. The number of hydrogen-bond acceptors (Lipinski definition) is 2. The van der Waals surface area contributed by atoms with E-state index in [1.807, 2.05) is 0 Å². The van der Waals surface area contributed by atoms with Crippen LogP contribution in [-0.4, -0.2) is 14.5 Å². The van der Waals surface area contributed by atoms with Crippen molar-refractivity contribution in [1.82, 2.24) is 14.5 Å². The highest BCUT2D eigenvalue weighted by atomic mass is 15.2. The zero-order valence-electron chi connectivity index (χ0n) is 26.6. The summed E-state index contributed by atoms with van der Waals surface area (Å²) in [5, 5.41) is 8.38. The standard InChI is InChI=1S/C46H29N3/c1-2-11-30(12-3-1)35-15-10-16-36(29-35)31-21-23-34(24-22-31)45-39-19-8-9-20-40(39)47-46(48-45)49-41-27-25-32-13-4-6-17-37(32)43(41)44-38-18-7-5-14-33(38)26-28-42(44)49/h1-29H. The summed E-state index contributed by atoms with van der Waals surface area (Å²) in [6.07, 6.45) is 0. The number of benzene rings is 8. The topological polar surface area (TPSA) is 30.7 Å². The molecule has 49 heavy (non-hydrogen) atoms. The minimum absolute atomic E-state index is 0.666. The van der Waals surface area contributed by atoms with Crippen molar-refractivity contribution in [3.63, 3.8) is 0 Å². The molecule has 0 aliphatic heterocycles. The van der Waals surface area contributed by atoms with Crippen LogP contribution >= 0.6 is 0 Å². The van der Waals surface area contributed by atoms with Crippen LogP contribution in [0.15, 0.2) is 176 Å². The Hall–Kier alpha value is -6.58. The van der Waals surface area contributed by atoms with Gasteiger partial charge in [-0.3, -0.25) is 4.57 Å². The van der Waals surface area contributed by atoms with Crippen LogP contribution in [0.3, 0.4) is 0 Å². The Kier molecular flexibility index (Phi) is 6.18. The normalized spacial score (nSPS) is 11.7. The highest BCUT2D eigenvalue weighted by Gasteiger charge is 2.20. The monoisotopic (exact) mass is 623 g/mol. The summed E-state index contributed by atoms with van der Waals surface area (Å²) in [5.74, 6) is 0.666. The fourth-order valence-corrected chi connectivity index (χ4v) is 7.48. The molecule has 10 aromatic rings. The van der Waals surface area contributed by atoms with Crippen LogP contribution in [0.4, 0.5) is 0 Å². The molecule has 0 unspecified atom stereocenters. The lowest BCUT2D eigenvalue weighted by Gasteiger charge is -2.12. The Morgan fingerprint density at radius 3 is 1.51 bits per heavy atom. The van der Waals surface area contributed by atoms with Crippen molar-refractivity contribution in [2.24, 2.45) is 0 Å². The van der Waals surface area contributed by atoms with Gasteiger partial charge >= 0.3 is 0 Å². The average Bonchev–Trinajstić information content (AvgIpc) is 3.53. The number of nitrogens with zero attached hydrogens (tertiary/aromatic N) is 3. The van der Waals surface area contributed by atoms with Gasteiger partial charge in [0.2, 0.25) is 5.95 Å². The van der Waals surface area contributed by atoms with Crippen LogP contribution in [-0.2, 0) is 0 Å². The first-order chi connectivity index (χ1) is 24.3. The fraction of sp³-hybridized carbons (Fsp3) is 0. The van der Waals surface area contributed by atoms with E-state index in [-0.39, 0.29) is 0 Å². The maximum Gasteiger partial charge on any atom is 0.235 e. The third-order valence-corrected chi connectivity index (χ3v) is 9.80. The van der Waals surface area contributed by atoms with Crippen molar-refractivity contribution in [3.05, 3.63) is 176 Å². The second-order valence-electron chi connectivity index (χ2n) is 12.6. The summed E-state index contributed by atoms with van der Waals surface area (Å²) >= 11 is 0. The van der Waals surface area contributed by atoms with Crippen molar-refractivity contribution in [1.29, 1.82) is 0 Å². The molecule has 3 heteroatoms. The number of rotatable bonds is 4. The largest absolute Gasteiger partial charge is 0.278 e. The molecule has 0 fully saturated rings. The minimum Gasteiger partial charge on any atom is -0.278 e. The maximum atomic E-state index is 5.38. The van der Waals surface area contributed by atoms with Gasteiger partial charge in [0.1, 0.15) is 0 Å². The average molecular weight is 624 g/mol. The first-order valence-corrected chi connectivity index (χ1v) is 16.7. The van der Waals surface area contributed by atoms with Crippen LogP contribution in [0.1, 0.15) is 0 Å². The zero-order chi connectivity index (χ0) is 32.3. The van der Waals surface area contributed by atoms with E-state index in [4.69, 9.17) is 9.97 Å². The molecule has 3 nitrogen and oxygen atoms in total. The Balaban J connectivity index is 1.18. The quantitative estimate of drug-likeness (QED) is 0.195. The first kappa shape index (κ1) is 27.5. The Morgan fingerprint density at radius 2 is 0.857 bits per heavy atom. The molecule has 0 N–H and O–H groups in total. The van der Waals surface area contributed by atoms with E-state index in [0.29, 0.717) is 5.95 Å². The third-order valence-electron chi connectivity index (χ3n) is 9.80. The zero-order valence-corrected chi connectivity index (χ0v) is 26.6. The van der Waals surface area contributed by atoms with Crippen LogP contribution in [0.25, 0.3) is 93.7 Å². The van der Waals surface area contributed by atoms with E-state index in [1.165, 1.54) is 54.6 Å². The number of aromatic nitrogens is 3. The summed E-state index contributed by atoms with van der Waals surface area (Å²) < 4.78 is 2.25. The molecule has 10 rings (SSSR count). The van der Waals surface area contributed by atoms with Gasteiger partial charge in [0.15, 0.2) is 0 Å². The fourth-order valence-electron chi connectivity index (χ4n) is 7.48. The van der Waals surface area contributed by atoms with Gasteiger partial charge in [0.05, 0.1) is 22.2 Å². The third kappa shape index (κ3) is 4.44. The maximum absolute atomic E-state index is 5.38. The summed E-state index contributed by atoms with van der Waals surface area (Å²) in [5.41, 5.74) is 9.86. The number of fused-ring (bicyclic) bond motifs is 8. The van der Waals surface area contributed by atoms with Gasteiger partial charge in [-0.15, -0.1) is 0 Å². The molecular formula is C46H29N3. The number of hydrogen-bond donors (Lipinski definition) is 0. The Bertz CT molecular complexity index is 2770. The summed E-state index contributed by atoms with van der Waals surface area (Å²) in [4.78, 5) is 10.6. The SMILES string of the molecule is c1ccc(-c2cccc(-c3ccc(-c4nc(-n5c6ccc7ccccc7c6c6c7ccccc7ccc65)nc5ccccc45)cc3)c2)cc1. The van der Waals surface area contributed by atoms with E-state index in [1.54, 1.807) is 0 Å². The van der Waals surface area contributed by atoms with Gasteiger partial charge in [-0.25, -0.2) is 9.97 Å². The van der Waals surface area contributed by atoms with E-state index in [0.717, 1.165) is 33.2 Å². The molecule has 0 saturated carbocycles. The molecule has 0 aliphatic carbocycles. The summed E-state index contributed by atoms with van der Waals surface area (Å²) in [6, 6.07) is 62.6. The summed E-state index contributed by atoms with van der Waals surface area (Å²) in [6.45, 7) is 0. The van der Waals surface area contributed by atoms with Gasteiger partial charge in [-0.05, 0) is 68.1 Å². The molecule has 8 aromatic carbocycles. The molecule has 0 amide bonds. The molecule has 2 aromatic heterocycles. The van der Waals surface area contributed by atoms with Gasteiger partial charge < -0.3 is 0 Å². The van der Waals surface area contributed by atoms with E-state index in [2.05, 4.69) is 180 Å². The second kappa shape index (κ2) is 11.0. The molecule has 0 atom stereocenters. The molecular weight excluding hydrogens is 595 g/mol. The molecule has 2 heterocycles.